The minimum atomic E-state index is -0.340. The van der Waals surface area contributed by atoms with Gasteiger partial charge in [0.1, 0.15) is 12.4 Å². The predicted molar refractivity (Wildman–Crippen MR) is 107 cm³/mol. The van der Waals surface area contributed by atoms with Crippen molar-refractivity contribution < 1.29 is 14.3 Å². The fourth-order valence-corrected chi connectivity index (χ4v) is 2.76. The van der Waals surface area contributed by atoms with Gasteiger partial charge in [-0.25, -0.2) is 10.9 Å². The van der Waals surface area contributed by atoms with E-state index in [0.717, 1.165) is 16.9 Å². The van der Waals surface area contributed by atoms with Crippen molar-refractivity contribution in [2.75, 3.05) is 0 Å². The second kappa shape index (κ2) is 9.45. The van der Waals surface area contributed by atoms with Crippen LogP contribution in [-0.4, -0.2) is 23.7 Å². The molecule has 0 saturated carbocycles. The summed E-state index contributed by atoms with van der Waals surface area (Å²) in [5, 5.41) is 7.84. The molecule has 2 N–H and O–H groups in total. The number of hydrazone groups is 2. The highest BCUT2D eigenvalue weighted by molar-refractivity contribution is 6.07. The summed E-state index contributed by atoms with van der Waals surface area (Å²) in [7, 11) is 0. The van der Waals surface area contributed by atoms with Gasteiger partial charge < -0.3 is 4.74 Å². The summed E-state index contributed by atoms with van der Waals surface area (Å²) in [6.07, 6.45) is 2.16. The van der Waals surface area contributed by atoms with Gasteiger partial charge in [0.15, 0.2) is 0 Å². The van der Waals surface area contributed by atoms with E-state index in [1.54, 1.807) is 13.1 Å². The van der Waals surface area contributed by atoms with Gasteiger partial charge in [0.05, 0.1) is 12.1 Å². The highest BCUT2D eigenvalue weighted by Gasteiger charge is 2.26. The zero-order valence-corrected chi connectivity index (χ0v) is 15.6. The molecule has 28 heavy (non-hydrogen) atoms. The van der Waals surface area contributed by atoms with Crippen LogP contribution >= 0.6 is 0 Å². The van der Waals surface area contributed by atoms with E-state index < -0.39 is 0 Å². The van der Waals surface area contributed by atoms with Gasteiger partial charge in [0.25, 0.3) is 0 Å². The summed E-state index contributed by atoms with van der Waals surface area (Å²) in [6.45, 7) is 2.25. The average Bonchev–Trinajstić information content (AvgIpc) is 3.03. The maximum absolute atomic E-state index is 11.9. The quantitative estimate of drug-likeness (QED) is 0.546. The Kier molecular flexibility index (Phi) is 6.51. The van der Waals surface area contributed by atoms with E-state index in [0.29, 0.717) is 18.7 Å². The molecule has 0 fully saturated rings. The summed E-state index contributed by atoms with van der Waals surface area (Å²) >= 11 is 0. The Balaban J connectivity index is 1.45. The molecular formula is C21H22N4O3. The molecule has 1 heterocycles. The van der Waals surface area contributed by atoms with Gasteiger partial charge in [-0.15, -0.1) is 0 Å². The van der Waals surface area contributed by atoms with Crippen molar-refractivity contribution in [3.63, 3.8) is 0 Å². The number of hydrogen-bond donors (Lipinski definition) is 2. The molecule has 7 nitrogen and oxygen atoms in total. The van der Waals surface area contributed by atoms with E-state index in [9.17, 15) is 9.59 Å². The Morgan fingerprint density at radius 1 is 1.25 bits per heavy atom. The Morgan fingerprint density at radius 3 is 2.82 bits per heavy atom. The molecule has 144 valence electrons. The number of nitrogens with one attached hydrogen (secondary N) is 2. The fourth-order valence-electron chi connectivity index (χ4n) is 2.76. The normalized spacial score (nSPS) is 16.0. The number of carbonyl (C=O) groups excluding carboxylic acids is 2. The fraction of sp³-hybridized carbons (Fsp3) is 0.238. The first kappa shape index (κ1) is 19.3. The third kappa shape index (κ3) is 5.51. The van der Waals surface area contributed by atoms with Crippen molar-refractivity contribution in [2.24, 2.45) is 16.1 Å². The van der Waals surface area contributed by atoms with Crippen LogP contribution in [0.4, 0.5) is 0 Å². The molecule has 1 aliphatic heterocycles. The van der Waals surface area contributed by atoms with Crippen molar-refractivity contribution in [2.45, 2.75) is 26.4 Å². The average molecular weight is 378 g/mol. The van der Waals surface area contributed by atoms with Crippen LogP contribution in [0, 0.1) is 5.92 Å². The highest BCUT2D eigenvalue weighted by Crippen LogP contribution is 2.15. The number of ether oxygens (including phenoxy) is 1. The van der Waals surface area contributed by atoms with Crippen molar-refractivity contribution in [3.8, 4) is 5.75 Å². The Morgan fingerprint density at radius 2 is 2.07 bits per heavy atom. The van der Waals surface area contributed by atoms with E-state index in [1.807, 2.05) is 54.6 Å². The zero-order valence-electron chi connectivity index (χ0n) is 15.6. The summed E-state index contributed by atoms with van der Waals surface area (Å²) in [6, 6.07) is 17.4. The molecule has 7 heteroatoms. The first-order valence-corrected chi connectivity index (χ1v) is 9.04. The van der Waals surface area contributed by atoms with Crippen LogP contribution in [-0.2, 0) is 16.2 Å². The first-order valence-electron chi connectivity index (χ1n) is 9.04. The van der Waals surface area contributed by atoms with Gasteiger partial charge in [0.2, 0.25) is 11.8 Å². The molecule has 1 aliphatic rings. The highest BCUT2D eigenvalue weighted by atomic mass is 16.5. The largest absolute Gasteiger partial charge is 0.489 e. The van der Waals surface area contributed by atoms with E-state index >= 15 is 0 Å². The van der Waals surface area contributed by atoms with Gasteiger partial charge in [-0.3, -0.25) is 9.59 Å². The predicted octanol–water partition coefficient (Wildman–Crippen LogP) is 2.62. The van der Waals surface area contributed by atoms with Crippen molar-refractivity contribution in [1.82, 2.24) is 10.9 Å². The molecule has 1 unspecified atom stereocenters. The minimum absolute atomic E-state index is 0.166. The lowest BCUT2D eigenvalue weighted by Gasteiger charge is -2.07. The van der Waals surface area contributed by atoms with Crippen LogP contribution in [0.5, 0.6) is 5.75 Å². The van der Waals surface area contributed by atoms with E-state index in [1.165, 1.54) is 0 Å². The van der Waals surface area contributed by atoms with Crippen molar-refractivity contribution >= 4 is 23.7 Å². The van der Waals surface area contributed by atoms with E-state index in [-0.39, 0.29) is 24.2 Å². The monoisotopic (exact) mass is 378 g/mol. The maximum atomic E-state index is 11.9. The SMILES string of the molecule is CC1=NNC(=O)C1CCC(=O)NN=Cc1cccc(OCc2ccccc2)c1. The summed E-state index contributed by atoms with van der Waals surface area (Å²) in [4.78, 5) is 23.5. The Hall–Kier alpha value is -3.48. The zero-order chi connectivity index (χ0) is 19.8. The summed E-state index contributed by atoms with van der Waals surface area (Å²) in [5.74, 6) is -0.0318. The Bertz CT molecular complexity index is 894. The van der Waals surface area contributed by atoms with Crippen LogP contribution in [0.15, 0.2) is 64.8 Å². The number of benzene rings is 2. The molecule has 2 aromatic carbocycles. The molecule has 1 atom stereocenters. The molecule has 0 aliphatic carbocycles. The minimum Gasteiger partial charge on any atom is -0.489 e. The number of carbonyl (C=O) groups is 2. The molecule has 0 saturated heterocycles. The lowest BCUT2D eigenvalue weighted by Crippen LogP contribution is -2.25. The first-order chi connectivity index (χ1) is 13.6. The third-order valence-electron chi connectivity index (χ3n) is 4.33. The second-order valence-corrected chi connectivity index (χ2v) is 6.46. The topological polar surface area (TPSA) is 92.2 Å². The van der Waals surface area contributed by atoms with Gasteiger partial charge in [0, 0.05) is 12.1 Å². The van der Waals surface area contributed by atoms with Gasteiger partial charge in [-0.2, -0.15) is 10.2 Å². The van der Waals surface area contributed by atoms with E-state index in [4.69, 9.17) is 4.74 Å². The van der Waals surface area contributed by atoms with Crippen LogP contribution in [0.1, 0.15) is 30.9 Å². The maximum Gasteiger partial charge on any atom is 0.248 e. The number of nitrogens with zero attached hydrogens (tertiary/aromatic N) is 2. The molecule has 3 rings (SSSR count). The van der Waals surface area contributed by atoms with Gasteiger partial charge in [-0.1, -0.05) is 42.5 Å². The third-order valence-corrected chi connectivity index (χ3v) is 4.33. The van der Waals surface area contributed by atoms with Crippen molar-refractivity contribution in [3.05, 3.63) is 65.7 Å². The van der Waals surface area contributed by atoms with Gasteiger partial charge in [-0.05, 0) is 36.6 Å². The standard InChI is InChI=1S/C21H22N4O3/c1-15-19(21(27)25-23-15)10-11-20(26)24-22-13-17-8-5-9-18(12-17)28-14-16-6-3-2-4-7-16/h2-9,12-13,19H,10-11,14H2,1H3,(H,24,26)(H,25,27). The second-order valence-electron chi connectivity index (χ2n) is 6.46. The molecule has 0 radical (unpaired) electrons. The molecule has 2 amide bonds. The van der Waals surface area contributed by atoms with Crippen molar-refractivity contribution in [1.29, 1.82) is 0 Å². The van der Waals surface area contributed by atoms with Crippen LogP contribution < -0.4 is 15.6 Å². The number of rotatable bonds is 8. The lowest BCUT2D eigenvalue weighted by atomic mass is 9.99. The van der Waals surface area contributed by atoms with Crippen LogP contribution in [0.25, 0.3) is 0 Å². The molecule has 0 bridgehead atoms. The lowest BCUT2D eigenvalue weighted by molar-refractivity contribution is -0.123. The number of hydrogen-bond acceptors (Lipinski definition) is 5. The van der Waals surface area contributed by atoms with E-state index in [2.05, 4.69) is 21.1 Å². The summed E-state index contributed by atoms with van der Waals surface area (Å²) < 4.78 is 5.78. The summed E-state index contributed by atoms with van der Waals surface area (Å²) in [5.41, 5.74) is 7.49. The molecule has 0 spiro atoms. The smallest absolute Gasteiger partial charge is 0.248 e. The molecule has 0 aromatic heterocycles. The van der Waals surface area contributed by atoms with Gasteiger partial charge >= 0.3 is 0 Å². The van der Waals surface area contributed by atoms with Crippen LogP contribution in [0.2, 0.25) is 0 Å². The Labute approximate surface area is 163 Å². The number of amides is 2. The van der Waals surface area contributed by atoms with Crippen LogP contribution in [0.3, 0.4) is 0 Å². The molecule has 2 aromatic rings. The molecular weight excluding hydrogens is 356 g/mol.